The first-order chi connectivity index (χ1) is 8.29. The Labute approximate surface area is 98.0 Å². The van der Waals surface area contributed by atoms with Crippen LogP contribution in [0, 0.1) is 0 Å². The van der Waals surface area contributed by atoms with E-state index in [9.17, 15) is 22.8 Å². The first kappa shape index (κ1) is 12.2. The van der Waals surface area contributed by atoms with Gasteiger partial charge in [-0.2, -0.15) is 13.2 Å². The highest BCUT2D eigenvalue weighted by Crippen LogP contribution is 2.31. The van der Waals surface area contributed by atoms with Crippen molar-refractivity contribution < 1.29 is 27.9 Å². The molecule has 0 amide bonds. The number of nitrogens with one attached hydrogen (secondary N) is 1. The molecule has 2 aromatic rings. The summed E-state index contributed by atoms with van der Waals surface area (Å²) in [6.07, 6.45) is -4.52. The van der Waals surface area contributed by atoms with Gasteiger partial charge in [-0.1, -0.05) is 0 Å². The van der Waals surface area contributed by atoms with E-state index in [1.165, 1.54) is 6.07 Å². The van der Waals surface area contributed by atoms with Gasteiger partial charge in [-0.15, -0.1) is 0 Å². The van der Waals surface area contributed by atoms with E-state index in [0.29, 0.717) is 0 Å². The number of hydrogen-bond acceptors (Lipinski definition) is 2. The number of halogens is 3. The Bertz CT molecular complexity index is 643. The molecule has 0 aliphatic carbocycles. The number of aromatic amines is 1. The van der Waals surface area contributed by atoms with E-state index in [4.69, 9.17) is 5.11 Å². The highest BCUT2D eigenvalue weighted by atomic mass is 19.4. The van der Waals surface area contributed by atoms with Crippen LogP contribution in [0.1, 0.15) is 16.1 Å². The lowest BCUT2D eigenvalue weighted by molar-refractivity contribution is -0.140. The Balaban J connectivity index is 2.53. The zero-order valence-corrected chi connectivity index (χ0v) is 8.71. The molecule has 0 aliphatic rings. The van der Waals surface area contributed by atoms with Crippen LogP contribution >= 0.6 is 0 Å². The van der Waals surface area contributed by atoms with E-state index in [2.05, 4.69) is 4.98 Å². The fourth-order valence-electron chi connectivity index (χ4n) is 1.55. The molecule has 2 rings (SSSR count). The molecular weight excluding hydrogens is 251 g/mol. The first-order valence-electron chi connectivity index (χ1n) is 4.76. The number of carboxylic acid groups (broad SMARTS) is 1. The van der Waals surface area contributed by atoms with Crippen molar-refractivity contribution in [3.63, 3.8) is 0 Å². The molecule has 7 heteroatoms. The summed E-state index contributed by atoms with van der Waals surface area (Å²) in [7, 11) is 0. The summed E-state index contributed by atoms with van der Waals surface area (Å²) >= 11 is 0. The van der Waals surface area contributed by atoms with Gasteiger partial charge in [0.1, 0.15) is 5.69 Å². The number of aromatic nitrogens is 1. The van der Waals surface area contributed by atoms with Crippen LogP contribution in [0.2, 0.25) is 0 Å². The van der Waals surface area contributed by atoms with Crippen LogP contribution < -0.4 is 0 Å². The van der Waals surface area contributed by atoms with Crippen LogP contribution in [0.3, 0.4) is 0 Å². The number of rotatable bonds is 2. The van der Waals surface area contributed by atoms with E-state index in [1.54, 1.807) is 0 Å². The molecule has 94 valence electrons. The van der Waals surface area contributed by atoms with Crippen LogP contribution in [0.25, 0.3) is 10.9 Å². The number of carbonyl (C=O) groups excluding carboxylic acids is 1. The monoisotopic (exact) mass is 257 g/mol. The number of aliphatic carboxylic acids is 1. The summed E-state index contributed by atoms with van der Waals surface area (Å²) in [5.74, 6) is -2.81. The number of carboxylic acids is 1. The van der Waals surface area contributed by atoms with Crippen LogP contribution in [-0.4, -0.2) is 21.8 Å². The fraction of sp³-hybridized carbons (Fsp3) is 0.0909. The normalized spacial score (nSPS) is 11.7. The van der Waals surface area contributed by atoms with Crippen LogP contribution in [-0.2, 0) is 11.0 Å². The summed E-state index contributed by atoms with van der Waals surface area (Å²) < 4.78 is 37.3. The molecule has 1 aromatic heterocycles. The van der Waals surface area contributed by atoms with Gasteiger partial charge in [0.05, 0.1) is 0 Å². The van der Waals surface area contributed by atoms with Crippen LogP contribution in [0.5, 0.6) is 0 Å². The molecule has 0 saturated carbocycles. The van der Waals surface area contributed by atoms with Crippen molar-refractivity contribution in [1.29, 1.82) is 0 Å². The fourth-order valence-corrected chi connectivity index (χ4v) is 1.55. The smallest absolute Gasteiger partial charge is 0.431 e. The third kappa shape index (κ3) is 2.06. The molecule has 1 aromatic carbocycles. The van der Waals surface area contributed by atoms with Crippen molar-refractivity contribution in [3.8, 4) is 0 Å². The van der Waals surface area contributed by atoms with E-state index in [1.807, 2.05) is 0 Å². The maximum absolute atomic E-state index is 12.4. The number of Topliss-reactive ketones (excluding diaryl/α,β-unsaturated/α-hetero) is 1. The molecule has 0 spiro atoms. The molecule has 18 heavy (non-hydrogen) atoms. The Hall–Kier alpha value is -2.31. The lowest BCUT2D eigenvalue weighted by Gasteiger charge is -2.00. The lowest BCUT2D eigenvalue weighted by Crippen LogP contribution is -2.12. The summed E-state index contributed by atoms with van der Waals surface area (Å²) in [6, 6.07) is 4.33. The maximum atomic E-state index is 12.4. The van der Waals surface area contributed by atoms with Gasteiger partial charge < -0.3 is 10.1 Å². The lowest BCUT2D eigenvalue weighted by atomic mass is 10.1. The van der Waals surface area contributed by atoms with Gasteiger partial charge in [0, 0.05) is 16.5 Å². The second-order valence-electron chi connectivity index (χ2n) is 3.62. The minimum absolute atomic E-state index is 0.134. The topological polar surface area (TPSA) is 70.2 Å². The van der Waals surface area contributed by atoms with Crippen molar-refractivity contribution in [2.75, 3.05) is 0 Å². The van der Waals surface area contributed by atoms with Crippen molar-refractivity contribution >= 4 is 22.7 Å². The first-order valence-corrected chi connectivity index (χ1v) is 4.76. The van der Waals surface area contributed by atoms with Crippen molar-refractivity contribution in [2.45, 2.75) is 6.18 Å². The van der Waals surface area contributed by atoms with Gasteiger partial charge >= 0.3 is 12.1 Å². The molecule has 0 radical (unpaired) electrons. The second kappa shape index (κ2) is 3.86. The van der Waals surface area contributed by atoms with E-state index >= 15 is 0 Å². The number of fused-ring (bicyclic) bond motifs is 1. The minimum atomic E-state index is -4.52. The van der Waals surface area contributed by atoms with Gasteiger partial charge in [-0.3, -0.25) is 4.79 Å². The predicted octanol–water partition coefficient (Wildman–Crippen LogP) is 2.45. The maximum Gasteiger partial charge on any atom is 0.431 e. The standard InChI is InChI=1S/C11H6F3NO3/c12-11(13,14)8-4-6-3-5(9(16)10(17)18)1-2-7(6)15-8/h1-4,15H,(H,17,18). The Kier molecular flexibility index (Phi) is 2.61. The summed E-state index contributed by atoms with van der Waals surface area (Å²) in [6.45, 7) is 0. The highest BCUT2D eigenvalue weighted by Gasteiger charge is 2.32. The van der Waals surface area contributed by atoms with Crippen molar-refractivity contribution in [1.82, 2.24) is 4.98 Å². The van der Waals surface area contributed by atoms with Gasteiger partial charge in [-0.25, -0.2) is 4.79 Å². The minimum Gasteiger partial charge on any atom is -0.475 e. The highest BCUT2D eigenvalue weighted by molar-refractivity contribution is 6.40. The quantitative estimate of drug-likeness (QED) is 0.641. The molecule has 0 bridgehead atoms. The summed E-state index contributed by atoms with van der Waals surface area (Å²) in [4.78, 5) is 23.8. The third-order valence-corrected chi connectivity index (χ3v) is 2.38. The Morgan fingerprint density at radius 3 is 2.39 bits per heavy atom. The molecule has 0 saturated heterocycles. The molecule has 0 aliphatic heterocycles. The zero-order valence-electron chi connectivity index (χ0n) is 8.71. The zero-order chi connectivity index (χ0) is 13.5. The number of carbonyl (C=O) groups is 2. The van der Waals surface area contributed by atoms with E-state index in [-0.39, 0.29) is 16.5 Å². The molecular formula is C11H6F3NO3. The van der Waals surface area contributed by atoms with Crippen molar-refractivity contribution in [2.24, 2.45) is 0 Å². The molecule has 1 heterocycles. The third-order valence-electron chi connectivity index (χ3n) is 2.38. The Morgan fingerprint density at radius 1 is 1.17 bits per heavy atom. The summed E-state index contributed by atoms with van der Waals surface area (Å²) in [5.41, 5.74) is -0.926. The largest absolute Gasteiger partial charge is 0.475 e. The second-order valence-corrected chi connectivity index (χ2v) is 3.62. The SMILES string of the molecule is O=C(O)C(=O)c1ccc2[nH]c(C(F)(F)F)cc2c1. The average molecular weight is 257 g/mol. The number of alkyl halides is 3. The van der Waals surface area contributed by atoms with Crippen molar-refractivity contribution in [3.05, 3.63) is 35.5 Å². The van der Waals surface area contributed by atoms with Crippen LogP contribution in [0.4, 0.5) is 13.2 Å². The number of hydrogen-bond donors (Lipinski definition) is 2. The van der Waals surface area contributed by atoms with Crippen LogP contribution in [0.15, 0.2) is 24.3 Å². The number of benzene rings is 1. The average Bonchev–Trinajstić information content (AvgIpc) is 2.69. The number of ketones is 1. The number of H-pyrrole nitrogens is 1. The molecule has 4 nitrogen and oxygen atoms in total. The predicted molar refractivity (Wildman–Crippen MR) is 55.3 cm³/mol. The van der Waals surface area contributed by atoms with Gasteiger partial charge in [0.2, 0.25) is 0 Å². The molecule has 0 unspecified atom stereocenters. The van der Waals surface area contributed by atoms with Gasteiger partial charge in [0.25, 0.3) is 5.78 Å². The van der Waals surface area contributed by atoms with Gasteiger partial charge in [-0.05, 0) is 24.3 Å². The summed E-state index contributed by atoms with van der Waals surface area (Å²) in [5, 5.41) is 8.64. The molecule has 2 N–H and O–H groups in total. The Morgan fingerprint density at radius 2 is 1.83 bits per heavy atom. The molecule has 0 fully saturated rings. The van der Waals surface area contributed by atoms with Gasteiger partial charge in [0.15, 0.2) is 0 Å². The molecule has 0 atom stereocenters. The van der Waals surface area contributed by atoms with E-state index in [0.717, 1.165) is 18.2 Å². The van der Waals surface area contributed by atoms with E-state index < -0.39 is 23.6 Å².